The molecule has 0 unspecified atom stereocenters. The van der Waals surface area contributed by atoms with Crippen LogP contribution < -0.4 is 21.1 Å². The third-order valence-corrected chi connectivity index (χ3v) is 4.28. The highest BCUT2D eigenvalue weighted by Gasteiger charge is 2.20. The second-order valence-corrected chi connectivity index (χ2v) is 5.72. The van der Waals surface area contributed by atoms with Gasteiger partial charge in [0.25, 0.3) is 0 Å². The Morgan fingerprint density at radius 2 is 2.11 bits per heavy atom. The molecule has 0 saturated carbocycles. The maximum Gasteiger partial charge on any atom is 0.197 e. The zero-order chi connectivity index (χ0) is 13.2. The van der Waals surface area contributed by atoms with Crippen LogP contribution >= 0.6 is 11.3 Å². The highest BCUT2D eigenvalue weighted by Crippen LogP contribution is 2.33. The Morgan fingerprint density at radius 1 is 1.32 bits per heavy atom. The minimum Gasteiger partial charge on any atom is -0.371 e. The number of thiazole rings is 1. The Morgan fingerprint density at radius 3 is 2.84 bits per heavy atom. The number of likely N-dealkylation sites (N-methyl/N-ethyl adjacent to an activating group) is 1. The molecule has 1 aromatic heterocycles. The minimum atomic E-state index is 0.761. The van der Waals surface area contributed by atoms with Gasteiger partial charge in [-0.1, -0.05) is 23.5 Å². The van der Waals surface area contributed by atoms with Gasteiger partial charge in [0.1, 0.15) is 0 Å². The molecule has 0 fully saturated rings. The van der Waals surface area contributed by atoms with Crippen molar-refractivity contribution in [2.24, 2.45) is 5.84 Å². The molecular weight excluding hydrogens is 258 g/mol. The molecule has 0 atom stereocenters. The fraction of sp³-hybridized carbons (Fsp3) is 0.308. The summed E-state index contributed by atoms with van der Waals surface area (Å²) in [5.74, 6) is 5.37. The Hall–Kier alpha value is -1.79. The van der Waals surface area contributed by atoms with E-state index in [2.05, 4.69) is 51.5 Å². The van der Waals surface area contributed by atoms with Gasteiger partial charge in [0, 0.05) is 31.2 Å². The highest BCUT2D eigenvalue weighted by molar-refractivity contribution is 7.15. The largest absolute Gasteiger partial charge is 0.371 e. The van der Waals surface area contributed by atoms with Gasteiger partial charge in [-0.05, 0) is 12.1 Å². The summed E-state index contributed by atoms with van der Waals surface area (Å²) in [5.41, 5.74) is 5.16. The molecule has 3 rings (SSSR count). The molecule has 5 nitrogen and oxygen atoms in total. The molecule has 0 saturated heterocycles. The maximum atomic E-state index is 5.37. The lowest BCUT2D eigenvalue weighted by molar-refractivity contribution is 0.739. The van der Waals surface area contributed by atoms with Crippen molar-refractivity contribution in [3.8, 4) is 0 Å². The van der Waals surface area contributed by atoms with Gasteiger partial charge >= 0.3 is 0 Å². The molecule has 0 amide bonds. The van der Waals surface area contributed by atoms with Crippen molar-refractivity contribution in [1.82, 2.24) is 4.98 Å². The topological polar surface area (TPSA) is 57.4 Å². The average molecular weight is 275 g/mol. The number of aromatic nitrogens is 1. The van der Waals surface area contributed by atoms with Crippen LogP contribution in [0.15, 0.2) is 30.5 Å². The van der Waals surface area contributed by atoms with Gasteiger partial charge in [-0.3, -0.25) is 5.43 Å². The maximum absolute atomic E-state index is 5.37. The SMILES string of the molecule is CN1CCN(Cc2cnc(NN)s2)c2ccccc21. The van der Waals surface area contributed by atoms with Crippen molar-refractivity contribution >= 4 is 27.8 Å². The van der Waals surface area contributed by atoms with Gasteiger partial charge < -0.3 is 9.80 Å². The van der Waals surface area contributed by atoms with E-state index in [1.807, 2.05) is 6.20 Å². The van der Waals surface area contributed by atoms with E-state index >= 15 is 0 Å². The van der Waals surface area contributed by atoms with Gasteiger partial charge in [0.15, 0.2) is 5.13 Å². The van der Waals surface area contributed by atoms with E-state index in [9.17, 15) is 0 Å². The van der Waals surface area contributed by atoms with E-state index in [0.717, 1.165) is 24.8 Å². The van der Waals surface area contributed by atoms with E-state index in [-0.39, 0.29) is 0 Å². The summed E-state index contributed by atoms with van der Waals surface area (Å²) >= 11 is 1.60. The van der Waals surface area contributed by atoms with Crippen LogP contribution in [0.25, 0.3) is 0 Å². The number of hydrogen-bond acceptors (Lipinski definition) is 6. The lowest BCUT2D eigenvalue weighted by Crippen LogP contribution is -2.38. The van der Waals surface area contributed by atoms with Crippen molar-refractivity contribution in [3.05, 3.63) is 35.3 Å². The fourth-order valence-corrected chi connectivity index (χ4v) is 3.10. The van der Waals surface area contributed by atoms with Crippen LogP contribution in [0.1, 0.15) is 4.88 Å². The first-order valence-corrected chi connectivity index (χ1v) is 7.06. The molecular formula is C13H17N5S. The van der Waals surface area contributed by atoms with Gasteiger partial charge in [-0.25, -0.2) is 10.8 Å². The molecule has 19 heavy (non-hydrogen) atoms. The third-order valence-electron chi connectivity index (χ3n) is 3.36. The lowest BCUT2D eigenvalue weighted by Gasteiger charge is -2.36. The number of hydrogen-bond donors (Lipinski definition) is 2. The molecule has 0 aliphatic carbocycles. The lowest BCUT2D eigenvalue weighted by atomic mass is 10.1. The van der Waals surface area contributed by atoms with Crippen molar-refractivity contribution < 1.29 is 0 Å². The second kappa shape index (κ2) is 5.07. The summed E-state index contributed by atoms with van der Waals surface area (Å²) in [5, 5.41) is 0.761. The Kier molecular flexibility index (Phi) is 3.27. The first-order valence-electron chi connectivity index (χ1n) is 6.24. The van der Waals surface area contributed by atoms with Crippen molar-refractivity contribution in [2.75, 3.05) is 35.4 Å². The van der Waals surface area contributed by atoms with Crippen molar-refractivity contribution in [1.29, 1.82) is 0 Å². The molecule has 100 valence electrons. The number of nitrogen functional groups attached to an aromatic ring is 1. The van der Waals surface area contributed by atoms with Gasteiger partial charge in [-0.2, -0.15) is 0 Å². The first kappa shape index (κ1) is 12.3. The Labute approximate surface area is 116 Å². The number of rotatable bonds is 3. The van der Waals surface area contributed by atoms with Gasteiger partial charge in [0.2, 0.25) is 0 Å². The summed E-state index contributed by atoms with van der Waals surface area (Å²) in [4.78, 5) is 10.1. The molecule has 0 radical (unpaired) electrons. The minimum absolute atomic E-state index is 0.761. The van der Waals surface area contributed by atoms with E-state index in [4.69, 9.17) is 5.84 Å². The number of nitrogens with one attached hydrogen (secondary N) is 1. The predicted octanol–water partition coefficient (Wildman–Crippen LogP) is 1.89. The summed E-state index contributed by atoms with van der Waals surface area (Å²) in [6, 6.07) is 8.52. The van der Waals surface area contributed by atoms with Crippen LogP contribution in [0.2, 0.25) is 0 Å². The molecule has 1 aliphatic heterocycles. The molecule has 2 aromatic rings. The van der Waals surface area contributed by atoms with Crippen LogP contribution in [0.4, 0.5) is 16.5 Å². The Bertz CT molecular complexity index is 568. The highest BCUT2D eigenvalue weighted by atomic mass is 32.1. The predicted molar refractivity (Wildman–Crippen MR) is 80.7 cm³/mol. The van der Waals surface area contributed by atoms with Crippen molar-refractivity contribution in [2.45, 2.75) is 6.54 Å². The van der Waals surface area contributed by atoms with Crippen LogP contribution in [0, 0.1) is 0 Å². The van der Waals surface area contributed by atoms with E-state index in [1.54, 1.807) is 11.3 Å². The molecule has 3 N–H and O–H groups in total. The van der Waals surface area contributed by atoms with Crippen LogP contribution in [-0.4, -0.2) is 25.1 Å². The number of nitrogens with zero attached hydrogens (tertiary/aromatic N) is 3. The molecule has 0 spiro atoms. The Balaban J connectivity index is 1.84. The smallest absolute Gasteiger partial charge is 0.197 e. The summed E-state index contributed by atoms with van der Waals surface area (Å²) in [6.07, 6.45) is 1.89. The molecule has 1 aromatic carbocycles. The summed E-state index contributed by atoms with van der Waals surface area (Å²) in [6.45, 7) is 2.94. The number of anilines is 3. The number of hydrazine groups is 1. The monoisotopic (exact) mass is 275 g/mol. The molecule has 0 bridgehead atoms. The zero-order valence-electron chi connectivity index (χ0n) is 10.8. The number of benzene rings is 1. The summed E-state index contributed by atoms with van der Waals surface area (Å²) in [7, 11) is 2.14. The van der Waals surface area contributed by atoms with E-state index < -0.39 is 0 Å². The van der Waals surface area contributed by atoms with Crippen LogP contribution in [0.5, 0.6) is 0 Å². The normalized spacial score (nSPS) is 14.4. The number of nitrogens with two attached hydrogens (primary N) is 1. The number of fused-ring (bicyclic) bond motifs is 1. The van der Waals surface area contributed by atoms with E-state index in [0.29, 0.717) is 0 Å². The average Bonchev–Trinajstić information content (AvgIpc) is 2.90. The number of para-hydroxylation sites is 2. The fourth-order valence-electron chi connectivity index (χ4n) is 2.37. The standard InChI is InChI=1S/C13H17N5S/c1-17-6-7-18(12-5-3-2-4-11(12)17)9-10-8-15-13(16-14)19-10/h2-5,8H,6-7,9,14H2,1H3,(H,15,16). The van der Waals surface area contributed by atoms with Crippen LogP contribution in [-0.2, 0) is 6.54 Å². The quantitative estimate of drug-likeness (QED) is 0.662. The van der Waals surface area contributed by atoms with E-state index in [1.165, 1.54) is 16.3 Å². The van der Waals surface area contributed by atoms with Crippen molar-refractivity contribution in [3.63, 3.8) is 0 Å². The third kappa shape index (κ3) is 2.36. The molecule has 6 heteroatoms. The van der Waals surface area contributed by atoms with Gasteiger partial charge in [-0.15, -0.1) is 0 Å². The summed E-state index contributed by atoms with van der Waals surface area (Å²) < 4.78 is 0. The second-order valence-electron chi connectivity index (χ2n) is 4.61. The van der Waals surface area contributed by atoms with Gasteiger partial charge in [0.05, 0.1) is 17.9 Å². The molecule has 1 aliphatic rings. The first-order chi connectivity index (χ1) is 9.28. The zero-order valence-corrected chi connectivity index (χ0v) is 11.7. The molecule has 2 heterocycles. The van der Waals surface area contributed by atoms with Crippen LogP contribution in [0.3, 0.4) is 0 Å².